The van der Waals surface area contributed by atoms with E-state index in [4.69, 9.17) is 5.26 Å². The third-order valence-electron chi connectivity index (χ3n) is 2.10. The van der Waals surface area contributed by atoms with Gasteiger partial charge in [0.1, 0.15) is 11.8 Å². The molecule has 0 spiro atoms. The van der Waals surface area contributed by atoms with Crippen molar-refractivity contribution in [3.8, 4) is 6.07 Å². The molecule has 1 atom stereocenters. The van der Waals surface area contributed by atoms with Crippen LogP contribution in [0.15, 0.2) is 18.3 Å². The Morgan fingerprint density at radius 2 is 2.44 bits per heavy atom. The van der Waals surface area contributed by atoms with Crippen LogP contribution in [0.25, 0.3) is 0 Å². The Morgan fingerprint density at radius 3 is 3.12 bits per heavy atom. The average molecular weight is 237 g/mol. The predicted molar refractivity (Wildman–Crippen MR) is 64.2 cm³/mol. The zero-order chi connectivity index (χ0) is 11.8. The second-order valence-electron chi connectivity index (χ2n) is 3.43. The van der Waals surface area contributed by atoms with Gasteiger partial charge in [0.15, 0.2) is 0 Å². The Bertz CT molecular complexity index is 400. The molecule has 0 amide bonds. The molecule has 1 N–H and O–H groups in total. The summed E-state index contributed by atoms with van der Waals surface area (Å²) in [5.41, 5.74) is 1.37. The lowest BCUT2D eigenvalue weighted by Crippen LogP contribution is -2.17. The normalized spacial score (nSPS) is 12.0. The van der Waals surface area contributed by atoms with Gasteiger partial charge in [-0.1, -0.05) is 6.07 Å². The van der Waals surface area contributed by atoms with E-state index in [-0.39, 0.29) is 0 Å². The first kappa shape index (κ1) is 12.8. The summed E-state index contributed by atoms with van der Waals surface area (Å²) in [6.45, 7) is 1.44. The Labute approximate surface area is 98.2 Å². The topological polar surface area (TPSA) is 65.8 Å². The molecule has 1 unspecified atom stereocenters. The van der Waals surface area contributed by atoms with Crippen molar-refractivity contribution in [1.82, 2.24) is 10.3 Å². The van der Waals surface area contributed by atoms with Gasteiger partial charge >= 0.3 is 0 Å². The molecular formula is C11H15N3OS. The van der Waals surface area contributed by atoms with Crippen molar-refractivity contribution in [1.29, 1.82) is 5.26 Å². The monoisotopic (exact) mass is 237 g/mol. The summed E-state index contributed by atoms with van der Waals surface area (Å²) >= 11 is 0. The zero-order valence-electron chi connectivity index (χ0n) is 9.27. The maximum Gasteiger partial charge on any atom is 0.144 e. The maximum absolute atomic E-state index is 10.8. The second-order valence-corrected chi connectivity index (χ2v) is 4.99. The standard InChI is InChI=1S/C11H15N3OS/c1-16(15)7-3-5-13-9-10-4-2-6-14-11(10)8-12/h2,4,6,13H,3,5,7,9H2,1H3. The number of rotatable bonds is 6. The maximum atomic E-state index is 10.8. The number of hydrogen-bond acceptors (Lipinski definition) is 4. The number of pyridine rings is 1. The molecular weight excluding hydrogens is 222 g/mol. The smallest absolute Gasteiger partial charge is 0.144 e. The molecule has 0 aliphatic carbocycles. The second kappa shape index (κ2) is 7.09. The van der Waals surface area contributed by atoms with Crippen LogP contribution in [-0.4, -0.2) is 27.7 Å². The van der Waals surface area contributed by atoms with Crippen molar-refractivity contribution in [2.24, 2.45) is 0 Å². The first-order chi connectivity index (χ1) is 7.74. The van der Waals surface area contributed by atoms with Crippen molar-refractivity contribution in [3.05, 3.63) is 29.6 Å². The summed E-state index contributed by atoms with van der Waals surface area (Å²) in [5.74, 6) is 0.713. The first-order valence-corrected chi connectivity index (χ1v) is 6.81. The highest BCUT2D eigenvalue weighted by atomic mass is 32.2. The Kier molecular flexibility index (Phi) is 5.68. The van der Waals surface area contributed by atoms with Gasteiger partial charge in [-0.05, 0) is 19.0 Å². The Hall–Kier alpha value is -1.25. The average Bonchev–Trinajstić information content (AvgIpc) is 2.29. The molecule has 0 radical (unpaired) electrons. The quantitative estimate of drug-likeness (QED) is 0.744. The third kappa shape index (κ3) is 4.51. The van der Waals surface area contributed by atoms with E-state index >= 15 is 0 Å². The van der Waals surface area contributed by atoms with E-state index in [1.807, 2.05) is 12.1 Å². The molecule has 0 saturated heterocycles. The van der Waals surface area contributed by atoms with Crippen LogP contribution in [0.5, 0.6) is 0 Å². The van der Waals surface area contributed by atoms with Crippen LogP contribution in [0.1, 0.15) is 17.7 Å². The highest BCUT2D eigenvalue weighted by Crippen LogP contribution is 2.02. The molecule has 5 heteroatoms. The van der Waals surface area contributed by atoms with Crippen LogP contribution in [0, 0.1) is 11.3 Å². The van der Waals surface area contributed by atoms with E-state index in [1.54, 1.807) is 12.5 Å². The van der Waals surface area contributed by atoms with Gasteiger partial charge in [0, 0.05) is 41.1 Å². The molecule has 0 bridgehead atoms. The molecule has 1 aromatic heterocycles. The van der Waals surface area contributed by atoms with Gasteiger partial charge in [-0.25, -0.2) is 4.98 Å². The molecule has 4 nitrogen and oxygen atoms in total. The molecule has 0 saturated carbocycles. The number of nitrogens with zero attached hydrogens (tertiary/aromatic N) is 2. The van der Waals surface area contributed by atoms with E-state index < -0.39 is 10.8 Å². The molecule has 16 heavy (non-hydrogen) atoms. The highest BCUT2D eigenvalue weighted by Gasteiger charge is 2.00. The minimum atomic E-state index is -0.724. The van der Waals surface area contributed by atoms with Crippen molar-refractivity contribution in [2.45, 2.75) is 13.0 Å². The zero-order valence-corrected chi connectivity index (χ0v) is 10.1. The van der Waals surface area contributed by atoms with Gasteiger partial charge in [-0.15, -0.1) is 0 Å². The van der Waals surface area contributed by atoms with Crippen LogP contribution >= 0.6 is 0 Å². The molecule has 1 aromatic rings. The molecule has 1 heterocycles. The minimum Gasteiger partial charge on any atom is -0.313 e. The highest BCUT2D eigenvalue weighted by molar-refractivity contribution is 7.84. The van der Waals surface area contributed by atoms with Crippen LogP contribution in [0.2, 0.25) is 0 Å². The van der Waals surface area contributed by atoms with Gasteiger partial charge in [0.05, 0.1) is 0 Å². The predicted octanol–water partition coefficient (Wildman–Crippen LogP) is 0.811. The van der Waals surface area contributed by atoms with E-state index in [0.717, 1.165) is 18.5 Å². The lowest BCUT2D eigenvalue weighted by Gasteiger charge is -2.04. The molecule has 86 valence electrons. The minimum absolute atomic E-state index is 0.467. The van der Waals surface area contributed by atoms with Crippen LogP contribution in [-0.2, 0) is 17.3 Å². The Morgan fingerprint density at radius 1 is 1.62 bits per heavy atom. The van der Waals surface area contributed by atoms with Gasteiger partial charge in [0.25, 0.3) is 0 Å². The molecule has 0 fully saturated rings. The summed E-state index contributed by atoms with van der Waals surface area (Å²) in [6.07, 6.45) is 4.20. The summed E-state index contributed by atoms with van der Waals surface area (Å²) in [7, 11) is -0.724. The fourth-order valence-electron chi connectivity index (χ4n) is 1.31. The number of nitriles is 1. The summed E-state index contributed by atoms with van der Waals surface area (Å²) in [6, 6.07) is 5.76. The summed E-state index contributed by atoms with van der Waals surface area (Å²) in [4.78, 5) is 3.97. The third-order valence-corrected chi connectivity index (χ3v) is 2.96. The van der Waals surface area contributed by atoms with Gasteiger partial charge in [-0.3, -0.25) is 4.21 Å². The summed E-state index contributed by atoms with van der Waals surface area (Å²) in [5, 5.41) is 12.0. The van der Waals surface area contributed by atoms with Crippen LogP contribution < -0.4 is 5.32 Å². The molecule has 0 aliphatic rings. The SMILES string of the molecule is CS(=O)CCCNCc1cccnc1C#N. The van der Waals surface area contributed by atoms with Gasteiger partial charge in [0.2, 0.25) is 0 Å². The van der Waals surface area contributed by atoms with Crippen molar-refractivity contribution < 1.29 is 4.21 Å². The van der Waals surface area contributed by atoms with Crippen molar-refractivity contribution in [3.63, 3.8) is 0 Å². The van der Waals surface area contributed by atoms with E-state index in [9.17, 15) is 4.21 Å². The van der Waals surface area contributed by atoms with Crippen molar-refractivity contribution >= 4 is 10.8 Å². The largest absolute Gasteiger partial charge is 0.313 e. The number of hydrogen-bond donors (Lipinski definition) is 1. The van der Waals surface area contributed by atoms with Gasteiger partial charge < -0.3 is 5.32 Å². The lowest BCUT2D eigenvalue weighted by molar-refractivity contribution is 0.660. The summed E-state index contributed by atoms with van der Waals surface area (Å²) < 4.78 is 10.8. The van der Waals surface area contributed by atoms with Crippen LogP contribution in [0.3, 0.4) is 0 Å². The van der Waals surface area contributed by atoms with Crippen molar-refractivity contribution in [2.75, 3.05) is 18.6 Å². The van der Waals surface area contributed by atoms with E-state index in [2.05, 4.69) is 16.4 Å². The van der Waals surface area contributed by atoms with Crippen LogP contribution in [0.4, 0.5) is 0 Å². The first-order valence-electron chi connectivity index (χ1n) is 5.09. The fraction of sp³-hybridized carbons (Fsp3) is 0.455. The van der Waals surface area contributed by atoms with E-state index in [0.29, 0.717) is 18.0 Å². The lowest BCUT2D eigenvalue weighted by atomic mass is 10.2. The molecule has 0 aliphatic heterocycles. The number of nitrogens with one attached hydrogen (secondary N) is 1. The molecule has 0 aromatic carbocycles. The Balaban J connectivity index is 2.32. The fourth-order valence-corrected chi connectivity index (χ4v) is 1.86. The van der Waals surface area contributed by atoms with Gasteiger partial charge in [-0.2, -0.15) is 5.26 Å². The molecule has 1 rings (SSSR count). The number of aromatic nitrogens is 1. The van der Waals surface area contributed by atoms with E-state index in [1.165, 1.54) is 0 Å².